The van der Waals surface area contributed by atoms with Crippen molar-refractivity contribution in [2.24, 2.45) is 0 Å². The van der Waals surface area contributed by atoms with Crippen molar-refractivity contribution in [1.29, 1.82) is 0 Å². The second kappa shape index (κ2) is 3.30. The Balaban J connectivity index is 0.000000605. The van der Waals surface area contributed by atoms with E-state index >= 15 is 0 Å². The second-order valence-corrected chi connectivity index (χ2v) is 3.69. The van der Waals surface area contributed by atoms with Crippen molar-refractivity contribution in [1.82, 2.24) is 0 Å². The fraction of sp³-hybridized carbons (Fsp3) is 1.00. The molecular formula is C8H16ClNO. The van der Waals surface area contributed by atoms with Crippen molar-refractivity contribution in [3.05, 3.63) is 5.21 Å². The van der Waals surface area contributed by atoms with Crippen LogP contribution in [-0.2, 0) is 0 Å². The van der Waals surface area contributed by atoms with Crippen LogP contribution in [0.25, 0.3) is 0 Å². The zero-order chi connectivity index (χ0) is 7.03. The van der Waals surface area contributed by atoms with Crippen LogP contribution in [0, 0.1) is 5.21 Å². The Morgan fingerprint density at radius 2 is 1.55 bits per heavy atom. The van der Waals surface area contributed by atoms with E-state index in [-0.39, 0.29) is 17.1 Å². The molecule has 1 saturated heterocycles. The third kappa shape index (κ3) is 1.86. The predicted octanol–water partition coefficient (Wildman–Crippen LogP) is 2.07. The SMILES string of the molecule is Cl.[O-][N+]1(C2CC2)CCCCC1. The first-order valence-electron chi connectivity index (χ1n) is 4.39. The molecule has 0 amide bonds. The van der Waals surface area contributed by atoms with Gasteiger partial charge in [-0.15, -0.1) is 12.4 Å². The molecule has 0 aromatic carbocycles. The second-order valence-electron chi connectivity index (χ2n) is 3.69. The first kappa shape index (κ1) is 9.30. The zero-order valence-corrected chi connectivity index (χ0v) is 7.61. The smallest absolute Gasteiger partial charge is 0.0892 e. The first-order valence-corrected chi connectivity index (χ1v) is 4.39. The maximum Gasteiger partial charge on any atom is 0.0892 e. The summed E-state index contributed by atoms with van der Waals surface area (Å²) in [6.07, 6.45) is 6.02. The summed E-state index contributed by atoms with van der Waals surface area (Å²) < 4.78 is 0.167. The maximum atomic E-state index is 11.8. The summed E-state index contributed by atoms with van der Waals surface area (Å²) in [5.41, 5.74) is 0. The van der Waals surface area contributed by atoms with Gasteiger partial charge in [0.15, 0.2) is 0 Å². The Morgan fingerprint density at radius 1 is 1.00 bits per heavy atom. The van der Waals surface area contributed by atoms with Crippen LogP contribution in [0.4, 0.5) is 0 Å². The molecule has 0 aromatic rings. The fourth-order valence-electron chi connectivity index (χ4n) is 1.96. The number of hydroxylamine groups is 3. The van der Waals surface area contributed by atoms with Crippen LogP contribution in [0.5, 0.6) is 0 Å². The molecule has 2 fully saturated rings. The molecule has 2 nitrogen and oxygen atoms in total. The van der Waals surface area contributed by atoms with Crippen LogP contribution < -0.4 is 0 Å². The number of likely N-dealkylation sites (tertiary alicyclic amines) is 1. The highest BCUT2D eigenvalue weighted by Gasteiger charge is 2.38. The lowest BCUT2D eigenvalue weighted by molar-refractivity contribution is -0.896. The molecule has 0 aromatic heterocycles. The van der Waals surface area contributed by atoms with Gasteiger partial charge in [0.2, 0.25) is 0 Å². The Labute approximate surface area is 74.2 Å². The molecule has 0 unspecified atom stereocenters. The summed E-state index contributed by atoms with van der Waals surface area (Å²) in [7, 11) is 0. The van der Waals surface area contributed by atoms with Crippen LogP contribution in [0.2, 0.25) is 0 Å². The average molecular weight is 178 g/mol. The Bertz CT molecular complexity index is 130. The van der Waals surface area contributed by atoms with Gasteiger partial charge in [-0.3, -0.25) is 0 Å². The molecule has 11 heavy (non-hydrogen) atoms. The number of piperidine rings is 1. The van der Waals surface area contributed by atoms with Gasteiger partial charge in [0.1, 0.15) is 0 Å². The summed E-state index contributed by atoms with van der Waals surface area (Å²) in [4.78, 5) is 0. The largest absolute Gasteiger partial charge is 0.633 e. The average Bonchev–Trinajstić information content (AvgIpc) is 2.69. The monoisotopic (exact) mass is 177 g/mol. The summed E-state index contributed by atoms with van der Waals surface area (Å²) in [6.45, 7) is 1.81. The summed E-state index contributed by atoms with van der Waals surface area (Å²) in [5.74, 6) is 0. The fourth-order valence-corrected chi connectivity index (χ4v) is 1.96. The van der Waals surface area contributed by atoms with Crippen molar-refractivity contribution in [2.75, 3.05) is 13.1 Å². The normalized spacial score (nSPS) is 29.2. The molecule has 3 heteroatoms. The highest BCUT2D eigenvalue weighted by Crippen LogP contribution is 2.35. The van der Waals surface area contributed by atoms with Gasteiger partial charge in [-0.25, -0.2) is 0 Å². The molecule has 0 radical (unpaired) electrons. The van der Waals surface area contributed by atoms with Gasteiger partial charge < -0.3 is 9.85 Å². The molecule has 1 saturated carbocycles. The van der Waals surface area contributed by atoms with Gasteiger partial charge >= 0.3 is 0 Å². The third-order valence-electron chi connectivity index (χ3n) is 2.79. The number of hydrogen-bond donors (Lipinski definition) is 0. The molecular weight excluding hydrogens is 162 g/mol. The zero-order valence-electron chi connectivity index (χ0n) is 6.79. The molecule has 0 bridgehead atoms. The van der Waals surface area contributed by atoms with E-state index in [2.05, 4.69) is 0 Å². The van der Waals surface area contributed by atoms with Crippen molar-refractivity contribution in [3.8, 4) is 0 Å². The minimum Gasteiger partial charge on any atom is -0.633 e. The Kier molecular flexibility index (Phi) is 2.79. The molecule has 1 heterocycles. The van der Waals surface area contributed by atoms with Gasteiger partial charge in [-0.05, 0) is 19.3 Å². The molecule has 0 atom stereocenters. The summed E-state index contributed by atoms with van der Waals surface area (Å²) in [6, 6.07) is 0.514. The number of rotatable bonds is 1. The predicted molar refractivity (Wildman–Crippen MR) is 47.5 cm³/mol. The molecule has 0 spiro atoms. The summed E-state index contributed by atoms with van der Waals surface area (Å²) in [5, 5.41) is 11.8. The van der Waals surface area contributed by atoms with Gasteiger partial charge in [0.25, 0.3) is 0 Å². The van der Waals surface area contributed by atoms with Crippen molar-refractivity contribution >= 4 is 12.4 Å². The highest BCUT2D eigenvalue weighted by molar-refractivity contribution is 5.85. The molecule has 66 valence electrons. The van der Waals surface area contributed by atoms with Crippen LogP contribution in [0.3, 0.4) is 0 Å². The van der Waals surface area contributed by atoms with E-state index in [1.54, 1.807) is 0 Å². The van der Waals surface area contributed by atoms with Gasteiger partial charge in [0, 0.05) is 12.8 Å². The van der Waals surface area contributed by atoms with E-state index in [9.17, 15) is 5.21 Å². The van der Waals surface area contributed by atoms with Gasteiger partial charge in [-0.2, -0.15) is 0 Å². The number of halogens is 1. The third-order valence-corrected chi connectivity index (χ3v) is 2.79. The quantitative estimate of drug-likeness (QED) is 0.444. The molecule has 2 aliphatic rings. The van der Waals surface area contributed by atoms with Gasteiger partial charge in [-0.1, -0.05) is 0 Å². The molecule has 1 aliphatic heterocycles. The van der Waals surface area contributed by atoms with Crippen molar-refractivity contribution < 1.29 is 4.65 Å². The number of nitrogens with zero attached hydrogens (tertiary/aromatic N) is 1. The van der Waals surface area contributed by atoms with E-state index in [1.807, 2.05) is 0 Å². The van der Waals surface area contributed by atoms with Gasteiger partial charge in [0.05, 0.1) is 19.1 Å². The van der Waals surface area contributed by atoms with Crippen LogP contribution in [0.1, 0.15) is 32.1 Å². The molecule has 0 N–H and O–H groups in total. The van der Waals surface area contributed by atoms with E-state index in [0.717, 1.165) is 13.1 Å². The molecule has 2 rings (SSSR count). The Morgan fingerprint density at radius 3 is 2.00 bits per heavy atom. The van der Waals surface area contributed by atoms with Crippen molar-refractivity contribution in [3.63, 3.8) is 0 Å². The lowest BCUT2D eigenvalue weighted by atomic mass is 10.1. The molecule has 1 aliphatic carbocycles. The minimum atomic E-state index is 0. The minimum absolute atomic E-state index is 0. The number of quaternary nitrogens is 1. The Hall–Kier alpha value is 0.210. The van der Waals surface area contributed by atoms with E-state index in [1.165, 1.54) is 32.1 Å². The van der Waals surface area contributed by atoms with Crippen LogP contribution in [0.15, 0.2) is 0 Å². The van der Waals surface area contributed by atoms with E-state index < -0.39 is 0 Å². The highest BCUT2D eigenvalue weighted by atomic mass is 35.5. The van der Waals surface area contributed by atoms with E-state index in [4.69, 9.17) is 0 Å². The lowest BCUT2D eigenvalue weighted by Crippen LogP contribution is -2.47. The van der Waals surface area contributed by atoms with Crippen molar-refractivity contribution in [2.45, 2.75) is 38.1 Å². The topological polar surface area (TPSA) is 23.1 Å². The van der Waals surface area contributed by atoms with Crippen LogP contribution in [-0.4, -0.2) is 23.8 Å². The maximum absolute atomic E-state index is 11.8. The lowest BCUT2D eigenvalue weighted by Gasteiger charge is -2.46. The van der Waals surface area contributed by atoms with Crippen LogP contribution >= 0.6 is 12.4 Å². The standard InChI is InChI=1S/C8H15NO.ClH/c10-9(8-4-5-8)6-2-1-3-7-9;/h8H,1-7H2;1H. The first-order chi connectivity index (χ1) is 4.81. The number of hydrogen-bond acceptors (Lipinski definition) is 1. The summed E-state index contributed by atoms with van der Waals surface area (Å²) >= 11 is 0. The van der Waals surface area contributed by atoms with E-state index in [0.29, 0.717) is 6.04 Å².